The zero-order valence-corrected chi connectivity index (χ0v) is 18.9. The molecule has 1 aliphatic heterocycles. The van der Waals surface area contributed by atoms with Crippen LogP contribution in [0.1, 0.15) is 66.8 Å². The highest BCUT2D eigenvalue weighted by Crippen LogP contribution is 2.41. The van der Waals surface area contributed by atoms with Gasteiger partial charge in [-0.3, -0.25) is 4.79 Å². The number of esters is 1. The first-order valence-corrected chi connectivity index (χ1v) is 12.5. The SMILES string of the molecule is Cc1nn(C2CCS(=O)(=O)C2)c2nc(C3CC3)cc(C(=O)OCC(=O)NCC(C)C)c12. The van der Waals surface area contributed by atoms with Gasteiger partial charge in [-0.05, 0) is 38.2 Å². The first-order chi connectivity index (χ1) is 14.6. The number of sulfone groups is 1. The molecule has 1 atom stereocenters. The maximum absolute atomic E-state index is 12.9. The molecule has 2 fully saturated rings. The average molecular weight is 449 g/mol. The number of hydrogen-bond acceptors (Lipinski definition) is 7. The number of aryl methyl sites for hydroxylation is 1. The lowest BCUT2D eigenvalue weighted by molar-refractivity contribution is -0.124. The molecule has 0 radical (unpaired) electrons. The van der Waals surface area contributed by atoms with E-state index in [9.17, 15) is 18.0 Å². The smallest absolute Gasteiger partial charge is 0.339 e. The number of amides is 1. The van der Waals surface area contributed by atoms with Crippen LogP contribution in [0.3, 0.4) is 0 Å². The summed E-state index contributed by atoms with van der Waals surface area (Å²) in [6.45, 7) is 5.89. The number of ether oxygens (including phenoxy) is 1. The lowest BCUT2D eigenvalue weighted by atomic mass is 10.1. The van der Waals surface area contributed by atoms with Crippen LogP contribution in [0.25, 0.3) is 11.0 Å². The molecule has 0 aromatic carbocycles. The van der Waals surface area contributed by atoms with Gasteiger partial charge >= 0.3 is 5.97 Å². The van der Waals surface area contributed by atoms with Gasteiger partial charge in [-0.25, -0.2) is 22.9 Å². The second kappa shape index (κ2) is 8.22. The van der Waals surface area contributed by atoms with E-state index in [2.05, 4.69) is 10.4 Å². The molecule has 2 aromatic heterocycles. The van der Waals surface area contributed by atoms with Crippen LogP contribution < -0.4 is 5.32 Å². The van der Waals surface area contributed by atoms with Crippen molar-refractivity contribution in [3.63, 3.8) is 0 Å². The zero-order chi connectivity index (χ0) is 22.3. The van der Waals surface area contributed by atoms with Crippen molar-refractivity contribution in [2.75, 3.05) is 24.7 Å². The van der Waals surface area contributed by atoms with Crippen LogP contribution in [0.2, 0.25) is 0 Å². The minimum atomic E-state index is -3.10. The third-order valence-electron chi connectivity index (χ3n) is 5.67. The second-order valence-electron chi connectivity index (χ2n) is 8.93. The van der Waals surface area contributed by atoms with Gasteiger partial charge in [-0.15, -0.1) is 0 Å². The molecule has 2 aromatic rings. The summed E-state index contributed by atoms with van der Waals surface area (Å²) in [7, 11) is -3.10. The molecule has 3 heterocycles. The summed E-state index contributed by atoms with van der Waals surface area (Å²) in [5.41, 5.74) is 2.21. The maximum Gasteiger partial charge on any atom is 0.339 e. The Morgan fingerprint density at radius 3 is 2.65 bits per heavy atom. The molecule has 9 nitrogen and oxygen atoms in total. The zero-order valence-electron chi connectivity index (χ0n) is 18.1. The number of rotatable bonds is 7. The van der Waals surface area contributed by atoms with E-state index in [-0.39, 0.29) is 36.0 Å². The van der Waals surface area contributed by atoms with E-state index in [0.717, 1.165) is 18.5 Å². The topological polar surface area (TPSA) is 120 Å². The summed E-state index contributed by atoms with van der Waals surface area (Å²) in [5.74, 6) is -0.224. The Morgan fingerprint density at radius 2 is 2.03 bits per heavy atom. The molecule has 1 saturated heterocycles. The lowest BCUT2D eigenvalue weighted by Gasteiger charge is -2.12. The Balaban J connectivity index is 1.65. The second-order valence-corrected chi connectivity index (χ2v) is 11.2. The Kier molecular flexibility index (Phi) is 5.76. The Morgan fingerprint density at radius 1 is 1.29 bits per heavy atom. The van der Waals surface area contributed by atoms with Gasteiger partial charge in [0.1, 0.15) is 0 Å². The number of carbonyl (C=O) groups is 2. The van der Waals surface area contributed by atoms with E-state index in [1.807, 2.05) is 13.8 Å². The molecule has 0 spiro atoms. The normalized spacial score (nSPS) is 20.3. The number of hydrogen-bond donors (Lipinski definition) is 1. The van der Waals surface area contributed by atoms with Crippen LogP contribution in [0, 0.1) is 12.8 Å². The van der Waals surface area contributed by atoms with Gasteiger partial charge in [-0.2, -0.15) is 5.10 Å². The average Bonchev–Trinajstić information content (AvgIpc) is 3.43. The minimum absolute atomic E-state index is 0.0222. The standard InChI is InChI=1S/C21H28N4O5S/c1-12(2)9-22-18(26)10-30-21(27)16-8-17(14-4-5-14)23-20-19(16)13(3)24-25(20)15-6-7-31(28,29)11-15/h8,12,14-15H,4-7,9-11H2,1-3H3,(H,22,26). The van der Waals surface area contributed by atoms with E-state index >= 15 is 0 Å². The number of aromatic nitrogens is 3. The predicted octanol–water partition coefficient (Wildman–Crippen LogP) is 1.91. The maximum atomic E-state index is 12.9. The van der Waals surface area contributed by atoms with Crippen molar-refractivity contribution in [2.24, 2.45) is 5.92 Å². The molecule has 2 aliphatic rings. The molecular weight excluding hydrogens is 420 g/mol. The van der Waals surface area contributed by atoms with Gasteiger partial charge in [0.05, 0.1) is 34.2 Å². The molecule has 1 unspecified atom stereocenters. The quantitative estimate of drug-likeness (QED) is 0.642. The van der Waals surface area contributed by atoms with Gasteiger partial charge in [0.25, 0.3) is 5.91 Å². The van der Waals surface area contributed by atoms with Crippen LogP contribution in [0.15, 0.2) is 6.07 Å². The van der Waals surface area contributed by atoms with E-state index < -0.39 is 15.8 Å². The highest BCUT2D eigenvalue weighted by molar-refractivity contribution is 7.91. The summed E-state index contributed by atoms with van der Waals surface area (Å²) < 4.78 is 30.9. The first-order valence-electron chi connectivity index (χ1n) is 10.7. The molecule has 31 heavy (non-hydrogen) atoms. The summed E-state index contributed by atoms with van der Waals surface area (Å²) in [4.78, 5) is 29.6. The van der Waals surface area contributed by atoms with Gasteiger partial charge in [0.15, 0.2) is 22.1 Å². The van der Waals surface area contributed by atoms with Gasteiger partial charge in [0, 0.05) is 18.2 Å². The van der Waals surface area contributed by atoms with Crippen molar-refractivity contribution in [2.45, 2.75) is 52.0 Å². The van der Waals surface area contributed by atoms with E-state index in [1.54, 1.807) is 17.7 Å². The molecule has 1 N–H and O–H groups in total. The van der Waals surface area contributed by atoms with Crippen LogP contribution >= 0.6 is 0 Å². The largest absolute Gasteiger partial charge is 0.452 e. The molecule has 1 amide bonds. The van der Waals surface area contributed by atoms with Crippen molar-refractivity contribution in [3.8, 4) is 0 Å². The Hall–Kier alpha value is -2.49. The Labute approximate surface area is 181 Å². The lowest BCUT2D eigenvalue weighted by Crippen LogP contribution is -2.31. The van der Waals surface area contributed by atoms with E-state index in [1.165, 1.54) is 0 Å². The molecule has 4 rings (SSSR count). The fourth-order valence-electron chi connectivity index (χ4n) is 3.88. The highest BCUT2D eigenvalue weighted by atomic mass is 32.2. The van der Waals surface area contributed by atoms with Crippen LogP contribution in [-0.2, 0) is 19.4 Å². The molecule has 10 heteroatoms. The highest BCUT2D eigenvalue weighted by Gasteiger charge is 2.34. The van der Waals surface area contributed by atoms with Crippen molar-refractivity contribution in [1.82, 2.24) is 20.1 Å². The number of nitrogens with zero attached hydrogens (tertiary/aromatic N) is 3. The van der Waals surface area contributed by atoms with Gasteiger partial charge < -0.3 is 10.1 Å². The Bertz CT molecular complexity index is 1130. The monoisotopic (exact) mass is 448 g/mol. The third kappa shape index (κ3) is 4.73. The fraction of sp³-hybridized carbons (Fsp3) is 0.619. The summed E-state index contributed by atoms with van der Waals surface area (Å²) in [5, 5.41) is 7.83. The van der Waals surface area contributed by atoms with Crippen LogP contribution in [0.4, 0.5) is 0 Å². The van der Waals surface area contributed by atoms with Crippen molar-refractivity contribution in [1.29, 1.82) is 0 Å². The number of nitrogens with one attached hydrogen (secondary N) is 1. The van der Waals surface area contributed by atoms with Crippen LogP contribution in [-0.4, -0.2) is 59.7 Å². The first kappa shape index (κ1) is 21.7. The van der Waals surface area contributed by atoms with Crippen LogP contribution in [0.5, 0.6) is 0 Å². The molecule has 1 aliphatic carbocycles. The molecule has 168 valence electrons. The molecule has 1 saturated carbocycles. The van der Waals surface area contributed by atoms with Crippen molar-refractivity contribution < 1.29 is 22.7 Å². The predicted molar refractivity (Wildman–Crippen MR) is 115 cm³/mol. The van der Waals surface area contributed by atoms with Gasteiger partial charge in [0.2, 0.25) is 0 Å². The van der Waals surface area contributed by atoms with E-state index in [4.69, 9.17) is 9.72 Å². The van der Waals surface area contributed by atoms with E-state index in [0.29, 0.717) is 41.2 Å². The number of pyridine rings is 1. The van der Waals surface area contributed by atoms with Gasteiger partial charge in [-0.1, -0.05) is 13.8 Å². The molecule has 0 bridgehead atoms. The summed E-state index contributed by atoms with van der Waals surface area (Å²) in [6, 6.07) is 1.44. The summed E-state index contributed by atoms with van der Waals surface area (Å²) >= 11 is 0. The van der Waals surface area contributed by atoms with Crippen molar-refractivity contribution in [3.05, 3.63) is 23.0 Å². The number of carbonyl (C=O) groups excluding carboxylic acids is 2. The minimum Gasteiger partial charge on any atom is -0.452 e. The summed E-state index contributed by atoms with van der Waals surface area (Å²) in [6.07, 6.45) is 2.47. The molecular formula is C21H28N4O5S. The van der Waals surface area contributed by atoms with Crippen molar-refractivity contribution >= 4 is 32.7 Å². The number of fused-ring (bicyclic) bond motifs is 1. The fourth-order valence-corrected chi connectivity index (χ4v) is 5.57. The third-order valence-corrected chi connectivity index (χ3v) is 7.42.